The van der Waals surface area contributed by atoms with Crippen molar-refractivity contribution in [1.29, 1.82) is 0 Å². The predicted molar refractivity (Wildman–Crippen MR) is 88.2 cm³/mol. The number of nitrogens with zero attached hydrogens (tertiary/aromatic N) is 2. The van der Waals surface area contributed by atoms with Gasteiger partial charge in [-0.3, -0.25) is 0 Å². The van der Waals surface area contributed by atoms with Gasteiger partial charge in [0, 0.05) is 19.1 Å². The Balaban J connectivity index is 2.74. The van der Waals surface area contributed by atoms with Gasteiger partial charge in [-0.25, -0.2) is 9.38 Å². The van der Waals surface area contributed by atoms with Crippen molar-refractivity contribution in [1.82, 2.24) is 5.32 Å². The fourth-order valence-electron chi connectivity index (χ4n) is 2.05. The lowest BCUT2D eigenvalue weighted by Gasteiger charge is -2.21. The minimum atomic E-state index is -0.208. The number of guanidine groups is 1. The first-order valence-corrected chi connectivity index (χ1v) is 7.61. The average Bonchev–Trinajstić information content (AvgIpc) is 2.48. The van der Waals surface area contributed by atoms with E-state index in [1.54, 1.807) is 0 Å². The second kappa shape index (κ2) is 8.49. The van der Waals surface area contributed by atoms with Crippen LogP contribution in [0.4, 0.5) is 10.1 Å². The molecule has 0 spiro atoms. The molecule has 0 radical (unpaired) electrons. The molecule has 1 aromatic rings. The van der Waals surface area contributed by atoms with Crippen molar-refractivity contribution in [3.05, 3.63) is 29.6 Å². The molecule has 1 atom stereocenters. The molecule has 5 heteroatoms. The van der Waals surface area contributed by atoms with Crippen LogP contribution in [0.2, 0.25) is 0 Å². The number of benzene rings is 1. The zero-order valence-corrected chi connectivity index (χ0v) is 13.5. The Morgan fingerprint density at radius 1 is 1.33 bits per heavy atom. The van der Waals surface area contributed by atoms with E-state index >= 15 is 0 Å². The average molecular weight is 294 g/mol. The van der Waals surface area contributed by atoms with Crippen LogP contribution in [0.1, 0.15) is 39.7 Å². The summed E-state index contributed by atoms with van der Waals surface area (Å²) in [4.78, 5) is 6.23. The summed E-state index contributed by atoms with van der Waals surface area (Å²) < 4.78 is 14.1. The van der Waals surface area contributed by atoms with Gasteiger partial charge in [0.1, 0.15) is 5.82 Å². The van der Waals surface area contributed by atoms with Crippen LogP contribution in [0.25, 0.3) is 0 Å². The normalized spacial score (nSPS) is 13.1. The van der Waals surface area contributed by atoms with Gasteiger partial charge in [-0.1, -0.05) is 13.0 Å². The van der Waals surface area contributed by atoms with Gasteiger partial charge >= 0.3 is 0 Å². The van der Waals surface area contributed by atoms with Gasteiger partial charge in [0.15, 0.2) is 5.96 Å². The van der Waals surface area contributed by atoms with Gasteiger partial charge in [0.2, 0.25) is 0 Å². The van der Waals surface area contributed by atoms with Crippen LogP contribution in [0.15, 0.2) is 23.2 Å². The highest BCUT2D eigenvalue weighted by atomic mass is 19.1. The number of anilines is 1. The molecule has 0 aliphatic carbocycles. The minimum absolute atomic E-state index is 0.208. The van der Waals surface area contributed by atoms with Crippen LogP contribution in [0, 0.1) is 5.82 Å². The van der Waals surface area contributed by atoms with E-state index in [1.165, 1.54) is 6.07 Å². The third-order valence-corrected chi connectivity index (χ3v) is 3.55. The van der Waals surface area contributed by atoms with Crippen molar-refractivity contribution in [3.63, 3.8) is 0 Å². The van der Waals surface area contributed by atoms with Gasteiger partial charge in [-0.15, -0.1) is 0 Å². The summed E-state index contributed by atoms with van der Waals surface area (Å²) in [6, 6.07) is 5.53. The van der Waals surface area contributed by atoms with Gasteiger partial charge in [-0.2, -0.15) is 0 Å². The van der Waals surface area contributed by atoms with Crippen molar-refractivity contribution >= 4 is 11.6 Å². The van der Waals surface area contributed by atoms with Crippen molar-refractivity contribution in [2.45, 2.75) is 46.7 Å². The van der Waals surface area contributed by atoms with Crippen LogP contribution >= 0.6 is 0 Å². The molecule has 0 amide bonds. The van der Waals surface area contributed by atoms with E-state index in [9.17, 15) is 4.39 Å². The number of rotatable bonds is 7. The molecule has 0 fully saturated rings. The van der Waals surface area contributed by atoms with E-state index in [1.807, 2.05) is 37.8 Å². The second-order valence-electron chi connectivity index (χ2n) is 5.11. The van der Waals surface area contributed by atoms with Gasteiger partial charge in [0.05, 0.1) is 12.2 Å². The molecule has 0 heterocycles. The third-order valence-electron chi connectivity index (χ3n) is 3.55. The van der Waals surface area contributed by atoms with Crippen molar-refractivity contribution in [2.75, 3.05) is 18.0 Å². The first kappa shape index (κ1) is 17.3. The van der Waals surface area contributed by atoms with E-state index in [2.05, 4.69) is 17.2 Å². The van der Waals surface area contributed by atoms with Gasteiger partial charge < -0.3 is 16.0 Å². The molecule has 0 aliphatic heterocycles. The lowest BCUT2D eigenvalue weighted by molar-refractivity contribution is 0.617. The Bertz CT molecular complexity index is 469. The first-order chi connectivity index (χ1) is 10.0. The van der Waals surface area contributed by atoms with E-state index in [0.717, 1.165) is 25.1 Å². The minimum Gasteiger partial charge on any atom is -0.370 e. The summed E-state index contributed by atoms with van der Waals surface area (Å²) in [5, 5.41) is 3.09. The number of hydrogen-bond acceptors (Lipinski definition) is 2. The first-order valence-electron chi connectivity index (χ1n) is 7.61. The molecule has 118 valence electrons. The maximum atomic E-state index is 14.1. The molecule has 1 unspecified atom stereocenters. The largest absolute Gasteiger partial charge is 0.370 e. The van der Waals surface area contributed by atoms with Crippen molar-refractivity contribution < 1.29 is 4.39 Å². The van der Waals surface area contributed by atoms with Crippen LogP contribution in [-0.2, 0) is 6.54 Å². The summed E-state index contributed by atoms with van der Waals surface area (Å²) in [7, 11) is 0. The van der Waals surface area contributed by atoms with E-state index < -0.39 is 0 Å². The molecule has 1 rings (SSSR count). The fourth-order valence-corrected chi connectivity index (χ4v) is 2.05. The SMILES string of the molecule is CCC(C)NC(N)=NCc1ccc(N(CC)CC)c(F)c1. The Labute approximate surface area is 127 Å². The number of halogens is 1. The van der Waals surface area contributed by atoms with Gasteiger partial charge in [0.25, 0.3) is 0 Å². The zero-order chi connectivity index (χ0) is 15.8. The maximum absolute atomic E-state index is 14.1. The van der Waals surface area contributed by atoms with Crippen molar-refractivity contribution in [2.24, 2.45) is 10.7 Å². The maximum Gasteiger partial charge on any atom is 0.189 e. The second-order valence-corrected chi connectivity index (χ2v) is 5.11. The molecule has 1 aromatic carbocycles. The predicted octanol–water partition coefficient (Wildman–Crippen LogP) is 2.87. The summed E-state index contributed by atoms with van der Waals surface area (Å²) in [6.45, 7) is 10.1. The van der Waals surface area contributed by atoms with Gasteiger partial charge in [-0.05, 0) is 44.9 Å². The third kappa shape index (κ3) is 5.25. The summed E-state index contributed by atoms with van der Waals surface area (Å²) in [5.74, 6) is 0.192. The molecule has 0 aromatic heterocycles. The van der Waals surface area contributed by atoms with E-state index in [0.29, 0.717) is 18.2 Å². The smallest absolute Gasteiger partial charge is 0.189 e. The van der Waals surface area contributed by atoms with Crippen LogP contribution in [0.5, 0.6) is 0 Å². The highest BCUT2D eigenvalue weighted by Gasteiger charge is 2.09. The molecule has 3 N–H and O–H groups in total. The topological polar surface area (TPSA) is 53.6 Å². The molecular formula is C16H27FN4. The number of nitrogens with two attached hydrogens (primary N) is 1. The van der Waals surface area contributed by atoms with Crippen LogP contribution in [0.3, 0.4) is 0 Å². The summed E-state index contributed by atoms with van der Waals surface area (Å²) in [6.07, 6.45) is 0.976. The molecule has 0 saturated heterocycles. The molecule has 21 heavy (non-hydrogen) atoms. The van der Waals surface area contributed by atoms with Crippen LogP contribution < -0.4 is 16.0 Å². The Morgan fingerprint density at radius 3 is 2.52 bits per heavy atom. The number of aliphatic imine (C=N–C) groups is 1. The van der Waals surface area contributed by atoms with E-state index in [4.69, 9.17) is 5.73 Å². The highest BCUT2D eigenvalue weighted by molar-refractivity contribution is 5.78. The highest BCUT2D eigenvalue weighted by Crippen LogP contribution is 2.20. The number of nitrogens with one attached hydrogen (secondary N) is 1. The quantitative estimate of drug-likeness (QED) is 0.600. The standard InChI is InChI=1S/C16H27FN4/c1-5-12(4)20-16(18)19-11-13-8-9-15(14(17)10-13)21(6-2)7-3/h8-10,12H,5-7,11H2,1-4H3,(H3,18,19,20). The van der Waals surface area contributed by atoms with E-state index in [-0.39, 0.29) is 11.9 Å². The molecule has 0 saturated carbocycles. The van der Waals surface area contributed by atoms with Crippen molar-refractivity contribution in [3.8, 4) is 0 Å². The van der Waals surface area contributed by atoms with Crippen LogP contribution in [-0.4, -0.2) is 25.1 Å². The monoisotopic (exact) mass is 294 g/mol. The Morgan fingerprint density at radius 2 is 2.00 bits per heavy atom. The Hall–Kier alpha value is -1.78. The summed E-state index contributed by atoms with van der Waals surface area (Å²) in [5.41, 5.74) is 7.25. The lowest BCUT2D eigenvalue weighted by atomic mass is 10.2. The molecule has 0 aliphatic rings. The zero-order valence-electron chi connectivity index (χ0n) is 13.5. The summed E-state index contributed by atoms with van der Waals surface area (Å²) >= 11 is 0. The Kier molecular flexibility index (Phi) is 6.99. The molecule has 4 nitrogen and oxygen atoms in total. The number of hydrogen-bond donors (Lipinski definition) is 2. The molecular weight excluding hydrogens is 267 g/mol. The lowest BCUT2D eigenvalue weighted by Crippen LogP contribution is -2.38. The fraction of sp³-hybridized carbons (Fsp3) is 0.562. The molecule has 0 bridgehead atoms.